The minimum atomic E-state index is -2.22. The summed E-state index contributed by atoms with van der Waals surface area (Å²) in [6.45, 7) is 0. The molecule has 27 heavy (non-hydrogen) atoms. The lowest BCUT2D eigenvalue weighted by Gasteiger charge is -2.38. The molecule has 0 radical (unpaired) electrons. The molecule has 146 valence electrons. The van der Waals surface area contributed by atoms with Crippen LogP contribution in [0.25, 0.3) is 0 Å². The standard InChI is InChI=1S/C16H10Cl6FNO3/c1-24(7-4-2-6(23)3-5-7)12(25)8-9(13(26)27)15(20)11(18)10(17)14(8,19)16(15,21)22/h2-5,8-9H,1H3,(H,26,27)/p-1. The molecular weight excluding hydrogens is 486 g/mol. The van der Waals surface area contributed by atoms with E-state index in [1.165, 1.54) is 19.2 Å². The Labute approximate surface area is 183 Å². The van der Waals surface area contributed by atoms with E-state index in [4.69, 9.17) is 69.6 Å². The topological polar surface area (TPSA) is 60.4 Å². The van der Waals surface area contributed by atoms with E-state index in [-0.39, 0.29) is 15.8 Å². The molecule has 1 saturated carbocycles. The Morgan fingerprint density at radius 3 is 1.89 bits per heavy atom. The second-order valence-corrected chi connectivity index (χ2v) is 9.55. The van der Waals surface area contributed by atoms with E-state index < -0.39 is 43.6 Å². The van der Waals surface area contributed by atoms with Gasteiger partial charge < -0.3 is 14.8 Å². The summed E-state index contributed by atoms with van der Waals surface area (Å²) < 4.78 is 10.9. The second-order valence-electron chi connectivity index (χ2n) is 6.27. The van der Waals surface area contributed by atoms with Crippen LogP contribution in [-0.4, -0.2) is 33.0 Å². The van der Waals surface area contributed by atoms with Crippen LogP contribution in [0.15, 0.2) is 34.3 Å². The third-order valence-corrected chi connectivity index (χ3v) is 9.26. The minimum Gasteiger partial charge on any atom is -0.550 e. The van der Waals surface area contributed by atoms with Crippen LogP contribution in [0.2, 0.25) is 0 Å². The average molecular weight is 495 g/mol. The van der Waals surface area contributed by atoms with Crippen LogP contribution < -0.4 is 10.0 Å². The number of carboxylic acid groups (broad SMARTS) is 1. The normalized spacial score (nSPS) is 34.1. The Morgan fingerprint density at radius 1 is 1.00 bits per heavy atom. The fourth-order valence-corrected chi connectivity index (χ4v) is 6.52. The fourth-order valence-electron chi connectivity index (χ4n) is 3.59. The molecule has 1 fully saturated rings. The summed E-state index contributed by atoms with van der Waals surface area (Å²) in [6, 6.07) is 4.91. The van der Waals surface area contributed by atoms with Crippen LogP contribution in [0.1, 0.15) is 0 Å². The lowest BCUT2D eigenvalue weighted by atomic mass is 9.81. The number of carbonyl (C=O) groups excluding carboxylic acids is 2. The molecule has 0 saturated heterocycles. The molecule has 0 aromatic heterocycles. The van der Waals surface area contributed by atoms with Gasteiger partial charge in [-0.1, -0.05) is 46.4 Å². The van der Waals surface area contributed by atoms with Crippen LogP contribution >= 0.6 is 69.6 Å². The summed E-state index contributed by atoms with van der Waals surface area (Å²) >= 11 is 37.9. The van der Waals surface area contributed by atoms with Crippen molar-refractivity contribution in [2.45, 2.75) is 14.1 Å². The second kappa shape index (κ2) is 6.54. The molecule has 11 heteroatoms. The highest BCUT2D eigenvalue weighted by molar-refractivity contribution is 6.66. The maximum absolute atomic E-state index is 13.2. The number of aliphatic carboxylic acids is 1. The van der Waals surface area contributed by atoms with Crippen molar-refractivity contribution in [3.8, 4) is 0 Å². The van der Waals surface area contributed by atoms with Gasteiger partial charge in [-0.15, -0.1) is 23.2 Å². The highest BCUT2D eigenvalue weighted by Gasteiger charge is 2.84. The van der Waals surface area contributed by atoms with Gasteiger partial charge in [0.1, 0.15) is 15.6 Å². The van der Waals surface area contributed by atoms with Crippen molar-refractivity contribution in [2.75, 3.05) is 11.9 Å². The van der Waals surface area contributed by atoms with Crippen molar-refractivity contribution in [3.63, 3.8) is 0 Å². The summed E-state index contributed by atoms with van der Waals surface area (Å²) in [5.74, 6) is -6.40. The molecule has 0 N–H and O–H groups in total. The quantitative estimate of drug-likeness (QED) is 0.603. The van der Waals surface area contributed by atoms with Crippen LogP contribution in [0.4, 0.5) is 10.1 Å². The van der Waals surface area contributed by atoms with Crippen molar-refractivity contribution in [2.24, 2.45) is 11.8 Å². The predicted octanol–water partition coefficient (Wildman–Crippen LogP) is 3.62. The molecule has 2 aliphatic rings. The number of carbonyl (C=O) groups is 2. The first-order valence-corrected chi connectivity index (χ1v) is 9.66. The van der Waals surface area contributed by atoms with Gasteiger partial charge in [0.05, 0.1) is 16.0 Å². The molecule has 4 nitrogen and oxygen atoms in total. The number of halogens is 7. The van der Waals surface area contributed by atoms with E-state index in [1.807, 2.05) is 0 Å². The van der Waals surface area contributed by atoms with Gasteiger partial charge in [-0.25, -0.2) is 4.39 Å². The van der Waals surface area contributed by atoms with E-state index >= 15 is 0 Å². The lowest BCUT2D eigenvalue weighted by Crippen LogP contribution is -2.53. The monoisotopic (exact) mass is 492 g/mol. The molecule has 2 bridgehead atoms. The van der Waals surface area contributed by atoms with Gasteiger partial charge >= 0.3 is 0 Å². The number of amides is 1. The van der Waals surface area contributed by atoms with E-state index in [9.17, 15) is 19.1 Å². The summed E-state index contributed by atoms with van der Waals surface area (Å²) in [6.07, 6.45) is 0. The molecule has 4 atom stereocenters. The molecule has 4 unspecified atom stereocenters. The van der Waals surface area contributed by atoms with Crippen molar-refractivity contribution in [1.29, 1.82) is 0 Å². The third-order valence-electron chi connectivity index (χ3n) is 5.00. The van der Waals surface area contributed by atoms with Gasteiger partial charge in [0, 0.05) is 24.6 Å². The van der Waals surface area contributed by atoms with Crippen molar-refractivity contribution < 1.29 is 19.1 Å². The van der Waals surface area contributed by atoms with Crippen LogP contribution in [0, 0.1) is 17.7 Å². The Morgan fingerprint density at radius 2 is 1.44 bits per heavy atom. The zero-order valence-corrected chi connectivity index (χ0v) is 17.8. The minimum absolute atomic E-state index is 0.270. The number of alkyl halides is 4. The molecule has 0 aliphatic heterocycles. The van der Waals surface area contributed by atoms with Crippen LogP contribution in [0.3, 0.4) is 0 Å². The van der Waals surface area contributed by atoms with Crippen LogP contribution in [-0.2, 0) is 9.59 Å². The zero-order chi connectivity index (χ0) is 20.5. The van der Waals surface area contributed by atoms with E-state index in [0.717, 1.165) is 17.0 Å². The maximum atomic E-state index is 13.2. The van der Waals surface area contributed by atoms with Crippen molar-refractivity contribution in [3.05, 3.63) is 40.1 Å². The van der Waals surface area contributed by atoms with Gasteiger partial charge in [0.2, 0.25) is 5.91 Å². The van der Waals surface area contributed by atoms with Gasteiger partial charge in [0.25, 0.3) is 0 Å². The zero-order valence-electron chi connectivity index (χ0n) is 13.3. The fraction of sp³-hybridized carbons (Fsp3) is 0.375. The van der Waals surface area contributed by atoms with E-state index in [1.54, 1.807) is 0 Å². The van der Waals surface area contributed by atoms with Gasteiger partial charge in [0.15, 0.2) is 4.33 Å². The smallest absolute Gasteiger partial charge is 0.232 e. The molecule has 1 aromatic rings. The average Bonchev–Trinajstić information content (AvgIpc) is 2.81. The van der Waals surface area contributed by atoms with E-state index in [0.29, 0.717) is 0 Å². The first kappa shape index (κ1) is 21.3. The van der Waals surface area contributed by atoms with Crippen molar-refractivity contribution in [1.82, 2.24) is 0 Å². The maximum Gasteiger partial charge on any atom is 0.232 e. The molecule has 2 aliphatic carbocycles. The number of carboxylic acids is 1. The third kappa shape index (κ3) is 2.49. The Bertz CT molecular complexity index is 875. The number of nitrogens with zero attached hydrogens (tertiary/aromatic N) is 1. The molecule has 3 rings (SSSR count). The summed E-state index contributed by atoms with van der Waals surface area (Å²) in [5, 5.41) is 11.2. The number of allylic oxidation sites excluding steroid dienone is 2. The largest absolute Gasteiger partial charge is 0.550 e. The number of hydrogen-bond donors (Lipinski definition) is 0. The predicted molar refractivity (Wildman–Crippen MR) is 102 cm³/mol. The number of anilines is 1. The molecule has 0 heterocycles. The molecular formula is C16H9Cl6FNO3-. The SMILES string of the molecule is CN(C(=O)C1C(C(=O)[O-])C2(Cl)C(Cl)=C(Cl)C1(Cl)C2(Cl)Cl)c1ccc(F)cc1. The number of rotatable bonds is 3. The number of fused-ring (bicyclic) bond motifs is 2. The first-order chi connectivity index (χ1) is 12.3. The van der Waals surface area contributed by atoms with Gasteiger partial charge in [-0.2, -0.15) is 0 Å². The Kier molecular flexibility index (Phi) is 5.16. The Balaban J connectivity index is 2.15. The van der Waals surface area contributed by atoms with Crippen LogP contribution in [0.5, 0.6) is 0 Å². The first-order valence-electron chi connectivity index (χ1n) is 7.39. The van der Waals surface area contributed by atoms with Gasteiger partial charge in [-0.05, 0) is 24.3 Å². The van der Waals surface area contributed by atoms with Crippen molar-refractivity contribution >= 4 is 87.2 Å². The molecule has 1 amide bonds. The summed E-state index contributed by atoms with van der Waals surface area (Å²) in [5.41, 5.74) is 0.270. The Hall–Kier alpha value is -0.430. The van der Waals surface area contributed by atoms with Gasteiger partial charge in [-0.3, -0.25) is 4.79 Å². The molecule has 1 aromatic carbocycles. The molecule has 0 spiro atoms. The highest BCUT2D eigenvalue weighted by atomic mass is 35.5. The number of hydrogen-bond acceptors (Lipinski definition) is 3. The van der Waals surface area contributed by atoms with E-state index in [2.05, 4.69) is 0 Å². The lowest BCUT2D eigenvalue weighted by molar-refractivity contribution is -0.313. The summed E-state index contributed by atoms with van der Waals surface area (Å²) in [7, 11) is 1.35. The summed E-state index contributed by atoms with van der Waals surface area (Å²) in [4.78, 5) is 21.9. The highest BCUT2D eigenvalue weighted by Crippen LogP contribution is 2.76. The number of benzene rings is 1.